The van der Waals surface area contributed by atoms with E-state index in [0.717, 1.165) is 17.8 Å². The number of rotatable bonds is 3. The molecule has 3 aromatic rings. The SMILES string of the molecule is Cc1cc(C(=O)NNC(=O)c2ccc(F)cc2F)c(C)n1-c1ccc(F)cc1. The number of nitrogens with one attached hydrogen (secondary N) is 2. The van der Waals surface area contributed by atoms with Crippen LogP contribution < -0.4 is 10.9 Å². The Bertz CT molecular complexity index is 1060. The number of carbonyl (C=O) groups is 2. The second kappa shape index (κ2) is 7.59. The molecule has 3 rings (SSSR count). The smallest absolute Gasteiger partial charge is 0.272 e. The van der Waals surface area contributed by atoms with Gasteiger partial charge in [-0.3, -0.25) is 20.4 Å². The van der Waals surface area contributed by atoms with Crippen molar-refractivity contribution < 1.29 is 22.8 Å². The van der Waals surface area contributed by atoms with Crippen molar-refractivity contribution in [2.24, 2.45) is 0 Å². The molecule has 144 valence electrons. The lowest BCUT2D eigenvalue weighted by atomic mass is 10.2. The van der Waals surface area contributed by atoms with Crippen molar-refractivity contribution in [3.8, 4) is 5.69 Å². The number of benzene rings is 2. The Morgan fingerprint density at radius 1 is 0.786 bits per heavy atom. The lowest BCUT2D eigenvalue weighted by Crippen LogP contribution is -2.42. The summed E-state index contributed by atoms with van der Waals surface area (Å²) in [5, 5.41) is 0. The van der Waals surface area contributed by atoms with Crippen LogP contribution in [0.15, 0.2) is 48.5 Å². The van der Waals surface area contributed by atoms with Crippen LogP contribution in [-0.2, 0) is 0 Å². The van der Waals surface area contributed by atoms with E-state index in [0.29, 0.717) is 17.4 Å². The molecule has 0 saturated carbocycles. The molecule has 8 heteroatoms. The van der Waals surface area contributed by atoms with Crippen LogP contribution in [0.3, 0.4) is 0 Å². The van der Waals surface area contributed by atoms with Crippen molar-refractivity contribution in [3.63, 3.8) is 0 Å². The summed E-state index contributed by atoms with van der Waals surface area (Å²) in [6, 6.07) is 9.89. The summed E-state index contributed by atoms with van der Waals surface area (Å²) in [6.07, 6.45) is 0. The zero-order valence-corrected chi connectivity index (χ0v) is 15.0. The Hall–Kier alpha value is -3.55. The van der Waals surface area contributed by atoms with Gasteiger partial charge in [-0.1, -0.05) is 0 Å². The molecule has 0 saturated heterocycles. The number of amides is 2. The van der Waals surface area contributed by atoms with Crippen molar-refractivity contribution in [3.05, 3.63) is 88.5 Å². The minimum absolute atomic E-state index is 0.279. The third-order valence-electron chi connectivity index (χ3n) is 4.23. The summed E-state index contributed by atoms with van der Waals surface area (Å²) < 4.78 is 41.5. The highest BCUT2D eigenvalue weighted by Crippen LogP contribution is 2.21. The van der Waals surface area contributed by atoms with Gasteiger partial charge in [0.25, 0.3) is 11.8 Å². The van der Waals surface area contributed by atoms with Gasteiger partial charge in [-0.2, -0.15) is 0 Å². The van der Waals surface area contributed by atoms with E-state index in [2.05, 4.69) is 10.9 Å². The zero-order chi connectivity index (χ0) is 20.4. The van der Waals surface area contributed by atoms with Crippen LogP contribution in [-0.4, -0.2) is 16.4 Å². The van der Waals surface area contributed by atoms with E-state index in [4.69, 9.17) is 0 Å². The third-order valence-corrected chi connectivity index (χ3v) is 4.23. The highest BCUT2D eigenvalue weighted by atomic mass is 19.1. The molecule has 28 heavy (non-hydrogen) atoms. The van der Waals surface area contributed by atoms with Crippen molar-refractivity contribution in [2.45, 2.75) is 13.8 Å². The molecule has 0 bridgehead atoms. The molecule has 0 unspecified atom stereocenters. The van der Waals surface area contributed by atoms with Crippen LogP contribution in [0.4, 0.5) is 13.2 Å². The van der Waals surface area contributed by atoms with Gasteiger partial charge < -0.3 is 4.57 Å². The van der Waals surface area contributed by atoms with Gasteiger partial charge in [0, 0.05) is 23.1 Å². The highest BCUT2D eigenvalue weighted by molar-refractivity contribution is 6.00. The molecule has 0 atom stereocenters. The first-order valence-corrected chi connectivity index (χ1v) is 8.28. The van der Waals surface area contributed by atoms with Gasteiger partial charge in [0.2, 0.25) is 0 Å². The molecule has 0 spiro atoms. The summed E-state index contributed by atoms with van der Waals surface area (Å²) in [4.78, 5) is 24.4. The van der Waals surface area contributed by atoms with Crippen LogP contribution in [0.25, 0.3) is 5.69 Å². The fourth-order valence-corrected chi connectivity index (χ4v) is 2.90. The normalized spacial score (nSPS) is 10.6. The Labute approximate surface area is 158 Å². The summed E-state index contributed by atoms with van der Waals surface area (Å²) in [5.41, 5.74) is 6.16. The first-order valence-electron chi connectivity index (χ1n) is 8.28. The van der Waals surface area contributed by atoms with Gasteiger partial charge in [0.05, 0.1) is 11.1 Å². The quantitative estimate of drug-likeness (QED) is 0.675. The molecular formula is C20H16F3N3O2. The number of hydrazine groups is 1. The number of hydrogen-bond acceptors (Lipinski definition) is 2. The molecule has 5 nitrogen and oxygen atoms in total. The second-order valence-electron chi connectivity index (χ2n) is 6.13. The maximum absolute atomic E-state index is 13.6. The number of halogens is 3. The van der Waals surface area contributed by atoms with E-state index in [1.54, 1.807) is 36.6 Å². The van der Waals surface area contributed by atoms with Crippen molar-refractivity contribution in [2.75, 3.05) is 0 Å². The zero-order valence-electron chi connectivity index (χ0n) is 15.0. The predicted octanol–water partition coefficient (Wildman–Crippen LogP) is 3.59. The highest BCUT2D eigenvalue weighted by Gasteiger charge is 2.18. The van der Waals surface area contributed by atoms with E-state index < -0.39 is 29.0 Å². The number of aryl methyl sites for hydroxylation is 1. The Balaban J connectivity index is 1.77. The first kappa shape index (κ1) is 19.2. The minimum Gasteiger partial charge on any atom is -0.318 e. The lowest BCUT2D eigenvalue weighted by molar-refractivity contribution is 0.0844. The molecule has 2 amide bonds. The third kappa shape index (κ3) is 3.75. The molecule has 2 N–H and O–H groups in total. The first-order chi connectivity index (χ1) is 13.3. The number of carbonyl (C=O) groups excluding carboxylic acids is 2. The van der Waals surface area contributed by atoms with Gasteiger partial charge in [-0.25, -0.2) is 13.2 Å². The van der Waals surface area contributed by atoms with Crippen LogP contribution in [0.1, 0.15) is 32.1 Å². The van der Waals surface area contributed by atoms with E-state index in [-0.39, 0.29) is 11.4 Å². The van der Waals surface area contributed by atoms with E-state index in [1.165, 1.54) is 12.1 Å². The van der Waals surface area contributed by atoms with Crippen LogP contribution in [0.2, 0.25) is 0 Å². The molecule has 0 fully saturated rings. The monoisotopic (exact) mass is 387 g/mol. The van der Waals surface area contributed by atoms with E-state index >= 15 is 0 Å². The second-order valence-corrected chi connectivity index (χ2v) is 6.13. The molecule has 0 aliphatic rings. The van der Waals surface area contributed by atoms with Gasteiger partial charge in [-0.05, 0) is 56.3 Å². The number of hydrogen-bond donors (Lipinski definition) is 2. The van der Waals surface area contributed by atoms with Crippen molar-refractivity contribution in [1.29, 1.82) is 0 Å². The summed E-state index contributed by atoms with van der Waals surface area (Å²) in [6.45, 7) is 3.48. The average Bonchev–Trinajstić information content (AvgIpc) is 2.95. The largest absolute Gasteiger partial charge is 0.318 e. The van der Waals surface area contributed by atoms with E-state index in [9.17, 15) is 22.8 Å². The molecule has 0 aliphatic heterocycles. The lowest BCUT2D eigenvalue weighted by Gasteiger charge is -2.11. The van der Waals surface area contributed by atoms with Crippen LogP contribution in [0.5, 0.6) is 0 Å². The summed E-state index contributed by atoms with van der Waals surface area (Å²) in [7, 11) is 0. The maximum Gasteiger partial charge on any atom is 0.272 e. The molecule has 0 aliphatic carbocycles. The van der Waals surface area contributed by atoms with Crippen molar-refractivity contribution >= 4 is 11.8 Å². The van der Waals surface area contributed by atoms with E-state index in [1.807, 2.05) is 0 Å². The average molecular weight is 387 g/mol. The Kier molecular flexibility index (Phi) is 5.21. The number of nitrogens with zero attached hydrogens (tertiary/aromatic N) is 1. The fraction of sp³-hybridized carbons (Fsp3) is 0.100. The van der Waals surface area contributed by atoms with Gasteiger partial charge in [0.1, 0.15) is 17.5 Å². The van der Waals surface area contributed by atoms with Crippen LogP contribution >= 0.6 is 0 Å². The molecular weight excluding hydrogens is 371 g/mol. The van der Waals surface area contributed by atoms with Crippen molar-refractivity contribution in [1.82, 2.24) is 15.4 Å². The molecule has 1 aromatic heterocycles. The predicted molar refractivity (Wildman–Crippen MR) is 96.5 cm³/mol. The minimum atomic E-state index is -1.04. The maximum atomic E-state index is 13.6. The summed E-state index contributed by atoms with van der Waals surface area (Å²) in [5.74, 6) is -3.76. The van der Waals surface area contributed by atoms with Crippen LogP contribution in [0, 0.1) is 31.3 Å². The van der Waals surface area contributed by atoms with Gasteiger partial charge in [-0.15, -0.1) is 0 Å². The standard InChI is InChI=1S/C20H16F3N3O2/c1-11-9-17(12(2)26(11)15-6-3-13(21)4-7-15)20(28)25-24-19(27)16-8-5-14(22)10-18(16)23/h3-10H,1-2H3,(H,24,27)(H,25,28). The topological polar surface area (TPSA) is 63.1 Å². The van der Waals surface area contributed by atoms with Gasteiger partial charge in [0.15, 0.2) is 0 Å². The fourth-order valence-electron chi connectivity index (χ4n) is 2.90. The Morgan fingerprint density at radius 2 is 1.36 bits per heavy atom. The Morgan fingerprint density at radius 3 is 1.96 bits per heavy atom. The van der Waals surface area contributed by atoms with Gasteiger partial charge >= 0.3 is 0 Å². The number of aromatic nitrogens is 1. The summed E-state index contributed by atoms with van der Waals surface area (Å²) >= 11 is 0. The molecule has 2 aromatic carbocycles. The molecule has 0 radical (unpaired) electrons. The molecule has 1 heterocycles.